The Labute approximate surface area is 70.8 Å². The molecule has 3 atom stereocenters. The van der Waals surface area contributed by atoms with Crippen molar-refractivity contribution in [2.45, 2.75) is 19.3 Å². The molecule has 0 amide bonds. The van der Waals surface area contributed by atoms with E-state index in [1.54, 1.807) is 0 Å². The topological polar surface area (TPSA) is 0 Å². The summed E-state index contributed by atoms with van der Waals surface area (Å²) < 4.78 is 0. The van der Waals surface area contributed by atoms with Gasteiger partial charge in [-0.05, 0) is 37.0 Å². The number of hydrogen-bond acceptors (Lipinski definition) is 0. The number of alkyl halides is 1. The Hall–Kier alpha value is 0.220. The van der Waals surface area contributed by atoms with Crippen molar-refractivity contribution in [3.05, 3.63) is 12.2 Å². The molecule has 0 N–H and O–H groups in total. The minimum absolute atomic E-state index is 0.947. The number of hydrogen-bond donors (Lipinski definition) is 0. The summed E-state index contributed by atoms with van der Waals surface area (Å²) in [6, 6.07) is 0. The molecule has 0 radical (unpaired) electrons. The van der Waals surface area contributed by atoms with E-state index < -0.39 is 0 Å². The van der Waals surface area contributed by atoms with Gasteiger partial charge in [0.05, 0.1) is 0 Å². The average molecular weight is 201 g/mol. The van der Waals surface area contributed by atoms with Crippen LogP contribution in [0.25, 0.3) is 0 Å². The Morgan fingerprint density at radius 1 is 1.30 bits per heavy atom. The summed E-state index contributed by atoms with van der Waals surface area (Å²) in [6.45, 7) is 0. The first-order valence-electron chi connectivity index (χ1n) is 4.14. The zero-order valence-electron chi connectivity index (χ0n) is 6.09. The van der Waals surface area contributed by atoms with Gasteiger partial charge in [-0.3, -0.25) is 0 Å². The van der Waals surface area contributed by atoms with Crippen LogP contribution < -0.4 is 0 Å². The van der Waals surface area contributed by atoms with Gasteiger partial charge in [0.1, 0.15) is 0 Å². The van der Waals surface area contributed by atoms with Crippen LogP contribution in [0.5, 0.6) is 0 Å². The van der Waals surface area contributed by atoms with Gasteiger partial charge in [0.15, 0.2) is 0 Å². The summed E-state index contributed by atoms with van der Waals surface area (Å²) in [7, 11) is 0. The lowest BCUT2D eigenvalue weighted by Crippen LogP contribution is -2.06. The lowest BCUT2D eigenvalue weighted by atomic mass is 9.91. The average Bonchev–Trinajstić information content (AvgIpc) is 2.48. The maximum atomic E-state index is 3.51. The van der Waals surface area contributed by atoms with Gasteiger partial charge in [-0.2, -0.15) is 0 Å². The first-order chi connectivity index (χ1) is 4.90. The van der Waals surface area contributed by atoms with Gasteiger partial charge < -0.3 is 0 Å². The molecule has 10 heavy (non-hydrogen) atoms. The van der Waals surface area contributed by atoms with E-state index in [2.05, 4.69) is 28.1 Å². The van der Waals surface area contributed by atoms with Crippen molar-refractivity contribution in [3.8, 4) is 0 Å². The van der Waals surface area contributed by atoms with E-state index in [4.69, 9.17) is 0 Å². The van der Waals surface area contributed by atoms with Crippen LogP contribution in [0.1, 0.15) is 19.3 Å². The largest absolute Gasteiger partial charge is 0.0928 e. The Kier molecular flexibility index (Phi) is 1.86. The van der Waals surface area contributed by atoms with Crippen molar-refractivity contribution in [1.29, 1.82) is 0 Å². The molecule has 0 aromatic heterocycles. The van der Waals surface area contributed by atoms with E-state index >= 15 is 0 Å². The molecule has 56 valence electrons. The number of halogens is 1. The van der Waals surface area contributed by atoms with Gasteiger partial charge in [-0.25, -0.2) is 0 Å². The monoisotopic (exact) mass is 200 g/mol. The molecule has 0 saturated heterocycles. The highest BCUT2D eigenvalue weighted by Crippen LogP contribution is 2.44. The fourth-order valence-electron chi connectivity index (χ4n) is 2.37. The van der Waals surface area contributed by atoms with Crippen LogP contribution in [-0.2, 0) is 0 Å². The molecule has 2 aliphatic carbocycles. The summed E-state index contributed by atoms with van der Waals surface area (Å²) in [6.07, 6.45) is 9.15. The lowest BCUT2D eigenvalue weighted by molar-refractivity contribution is 0.438. The van der Waals surface area contributed by atoms with Gasteiger partial charge in [0.2, 0.25) is 0 Å². The SMILES string of the molecule is BrCCC1CC2C=CC1C2. The molecule has 2 aliphatic rings. The molecule has 1 heteroatoms. The van der Waals surface area contributed by atoms with Crippen LogP contribution in [0, 0.1) is 17.8 Å². The predicted molar refractivity (Wildman–Crippen MR) is 47.3 cm³/mol. The first-order valence-corrected chi connectivity index (χ1v) is 5.26. The van der Waals surface area contributed by atoms with Crippen LogP contribution in [0.3, 0.4) is 0 Å². The lowest BCUT2D eigenvalue weighted by Gasteiger charge is -2.15. The summed E-state index contributed by atoms with van der Waals surface area (Å²) in [5, 5.41) is 1.19. The van der Waals surface area contributed by atoms with Crippen molar-refractivity contribution in [2.75, 3.05) is 5.33 Å². The van der Waals surface area contributed by atoms with E-state index in [0.717, 1.165) is 17.8 Å². The van der Waals surface area contributed by atoms with Crippen molar-refractivity contribution in [1.82, 2.24) is 0 Å². The molecule has 1 saturated carbocycles. The zero-order chi connectivity index (χ0) is 6.97. The van der Waals surface area contributed by atoms with Crippen molar-refractivity contribution < 1.29 is 0 Å². The number of rotatable bonds is 2. The second-order valence-corrected chi connectivity index (χ2v) is 4.31. The summed E-state index contributed by atoms with van der Waals surface area (Å²) >= 11 is 3.51. The maximum Gasteiger partial charge on any atom is 0.00341 e. The van der Waals surface area contributed by atoms with E-state index in [9.17, 15) is 0 Å². The molecule has 3 unspecified atom stereocenters. The third kappa shape index (κ3) is 1.05. The van der Waals surface area contributed by atoms with E-state index in [1.165, 1.54) is 24.6 Å². The molecule has 2 rings (SSSR count). The maximum absolute atomic E-state index is 3.51. The quantitative estimate of drug-likeness (QED) is 0.476. The molecular weight excluding hydrogens is 188 g/mol. The Bertz CT molecular complexity index is 151. The Morgan fingerprint density at radius 2 is 2.20 bits per heavy atom. The fourth-order valence-corrected chi connectivity index (χ4v) is 2.95. The number of fused-ring (bicyclic) bond motifs is 2. The molecule has 2 bridgehead atoms. The zero-order valence-corrected chi connectivity index (χ0v) is 7.68. The second-order valence-electron chi connectivity index (χ2n) is 3.52. The van der Waals surface area contributed by atoms with Gasteiger partial charge in [0.25, 0.3) is 0 Å². The Morgan fingerprint density at radius 3 is 2.70 bits per heavy atom. The highest BCUT2D eigenvalue weighted by Gasteiger charge is 2.34. The van der Waals surface area contributed by atoms with Crippen molar-refractivity contribution in [3.63, 3.8) is 0 Å². The second kappa shape index (κ2) is 2.69. The molecule has 0 spiro atoms. The van der Waals surface area contributed by atoms with E-state index in [0.29, 0.717) is 0 Å². The highest BCUT2D eigenvalue weighted by molar-refractivity contribution is 9.09. The predicted octanol–water partition coefficient (Wildman–Crippen LogP) is 2.98. The van der Waals surface area contributed by atoms with Crippen molar-refractivity contribution in [2.24, 2.45) is 17.8 Å². The standard InChI is InChI=1S/C9H13Br/c10-4-3-9-6-7-1-2-8(9)5-7/h1-2,7-9H,3-6H2. The molecule has 0 nitrogen and oxygen atoms in total. The van der Waals surface area contributed by atoms with Gasteiger partial charge in [-0.1, -0.05) is 28.1 Å². The summed E-state index contributed by atoms with van der Waals surface area (Å²) in [4.78, 5) is 0. The molecular formula is C9H13Br. The smallest absolute Gasteiger partial charge is 0.00341 e. The van der Waals surface area contributed by atoms with Crippen LogP contribution in [-0.4, -0.2) is 5.33 Å². The third-order valence-corrected chi connectivity index (χ3v) is 3.35. The molecule has 0 aliphatic heterocycles. The third-order valence-electron chi connectivity index (χ3n) is 2.90. The minimum Gasteiger partial charge on any atom is -0.0928 e. The first kappa shape index (κ1) is 6.90. The molecule has 0 heterocycles. The summed E-state index contributed by atoms with van der Waals surface area (Å²) in [5.74, 6) is 2.91. The number of allylic oxidation sites excluding steroid dienone is 2. The minimum atomic E-state index is 0.947. The Balaban J connectivity index is 1.96. The van der Waals surface area contributed by atoms with Crippen LogP contribution in [0.4, 0.5) is 0 Å². The van der Waals surface area contributed by atoms with Crippen LogP contribution in [0.15, 0.2) is 12.2 Å². The summed E-state index contributed by atoms with van der Waals surface area (Å²) in [5.41, 5.74) is 0. The molecule has 0 aromatic rings. The normalized spacial score (nSPS) is 43.1. The van der Waals surface area contributed by atoms with Crippen LogP contribution >= 0.6 is 15.9 Å². The van der Waals surface area contributed by atoms with Crippen LogP contribution in [0.2, 0.25) is 0 Å². The van der Waals surface area contributed by atoms with Gasteiger partial charge in [-0.15, -0.1) is 0 Å². The van der Waals surface area contributed by atoms with Gasteiger partial charge in [0, 0.05) is 5.33 Å². The van der Waals surface area contributed by atoms with Crippen molar-refractivity contribution >= 4 is 15.9 Å². The van der Waals surface area contributed by atoms with E-state index in [-0.39, 0.29) is 0 Å². The van der Waals surface area contributed by atoms with Gasteiger partial charge >= 0.3 is 0 Å². The van der Waals surface area contributed by atoms with E-state index in [1.807, 2.05) is 0 Å². The highest BCUT2D eigenvalue weighted by atomic mass is 79.9. The molecule has 1 fully saturated rings. The molecule has 0 aromatic carbocycles. The fraction of sp³-hybridized carbons (Fsp3) is 0.778.